The average molecular weight is 329 g/mol. The number of aliphatic imine (C=N–C) groups is 1. The number of guanidine groups is 1. The Labute approximate surface area is 143 Å². The molecule has 0 radical (unpaired) electrons. The van der Waals surface area contributed by atoms with Crippen LogP contribution in [0, 0.1) is 5.41 Å². The van der Waals surface area contributed by atoms with Crippen LogP contribution in [0.25, 0.3) is 0 Å². The number of ether oxygens (including phenoxy) is 2. The van der Waals surface area contributed by atoms with E-state index >= 15 is 0 Å². The minimum atomic E-state index is 0.0630. The second-order valence-corrected chi connectivity index (χ2v) is 7.04. The third-order valence-corrected chi connectivity index (χ3v) is 4.57. The van der Waals surface area contributed by atoms with Gasteiger partial charge in [-0.1, -0.05) is 25.5 Å². The molecule has 1 heterocycles. The van der Waals surface area contributed by atoms with Gasteiger partial charge in [-0.25, -0.2) is 0 Å². The molecule has 1 aliphatic carbocycles. The third-order valence-electron chi connectivity index (χ3n) is 4.57. The van der Waals surface area contributed by atoms with Gasteiger partial charge in [0.1, 0.15) is 0 Å². The van der Waals surface area contributed by atoms with Crippen LogP contribution in [0.3, 0.4) is 0 Å². The van der Waals surface area contributed by atoms with E-state index in [4.69, 9.17) is 15.2 Å². The highest BCUT2D eigenvalue weighted by atomic mass is 16.5. The molecule has 0 unspecified atom stereocenters. The second kappa shape index (κ2) is 7.16. The number of nitrogens with zero attached hydrogens (tertiary/aromatic N) is 1. The van der Waals surface area contributed by atoms with E-state index in [9.17, 15) is 0 Å². The van der Waals surface area contributed by atoms with Crippen molar-refractivity contribution in [3.05, 3.63) is 29.8 Å². The Morgan fingerprint density at radius 3 is 2.75 bits per heavy atom. The van der Waals surface area contributed by atoms with Gasteiger partial charge >= 0.3 is 0 Å². The van der Waals surface area contributed by atoms with Gasteiger partial charge in [0.15, 0.2) is 17.5 Å². The molecule has 0 atom stereocenters. The average Bonchev–Trinajstić information content (AvgIpc) is 3.01. The molecular formula is C19H27N3O2. The molecule has 5 nitrogen and oxygen atoms in total. The zero-order valence-corrected chi connectivity index (χ0v) is 14.6. The number of fused-ring (bicyclic) bond motifs is 1. The highest BCUT2D eigenvalue weighted by Crippen LogP contribution is 2.35. The molecule has 2 aliphatic rings. The van der Waals surface area contributed by atoms with Crippen LogP contribution in [0.4, 0.5) is 5.69 Å². The zero-order valence-electron chi connectivity index (χ0n) is 14.6. The van der Waals surface area contributed by atoms with Gasteiger partial charge in [-0.2, -0.15) is 0 Å². The summed E-state index contributed by atoms with van der Waals surface area (Å²) in [5, 5.41) is 3.15. The first kappa shape index (κ1) is 16.7. The highest BCUT2D eigenvalue weighted by Gasteiger charge is 2.24. The number of anilines is 1. The lowest BCUT2D eigenvalue weighted by atomic mass is 9.84. The van der Waals surface area contributed by atoms with Crippen LogP contribution in [0.15, 0.2) is 34.8 Å². The van der Waals surface area contributed by atoms with Gasteiger partial charge in [0, 0.05) is 23.6 Å². The zero-order chi connectivity index (χ0) is 17.0. The molecule has 0 spiro atoms. The van der Waals surface area contributed by atoms with Gasteiger partial charge < -0.3 is 20.5 Å². The van der Waals surface area contributed by atoms with Crippen LogP contribution in [-0.2, 0) is 0 Å². The smallest absolute Gasteiger partial charge is 0.193 e. The van der Waals surface area contributed by atoms with E-state index in [1.54, 1.807) is 0 Å². The lowest BCUT2D eigenvalue weighted by Crippen LogP contribution is -2.26. The Morgan fingerprint density at radius 1 is 1.21 bits per heavy atom. The van der Waals surface area contributed by atoms with Crippen molar-refractivity contribution in [1.82, 2.24) is 0 Å². The van der Waals surface area contributed by atoms with Crippen molar-refractivity contribution in [2.75, 3.05) is 25.1 Å². The molecule has 0 amide bonds. The normalized spacial score (nSPS) is 18.1. The Bertz CT molecular complexity index is 650. The molecule has 0 bridgehead atoms. The van der Waals surface area contributed by atoms with Crippen LogP contribution in [0.5, 0.6) is 11.5 Å². The number of allylic oxidation sites excluding steroid dienone is 1. The molecule has 1 aromatic carbocycles. The van der Waals surface area contributed by atoms with E-state index in [-0.39, 0.29) is 5.41 Å². The Kier molecular flexibility index (Phi) is 4.97. The maximum atomic E-state index is 6.07. The highest BCUT2D eigenvalue weighted by molar-refractivity contribution is 5.92. The van der Waals surface area contributed by atoms with E-state index < -0.39 is 0 Å². The Morgan fingerprint density at radius 2 is 2.00 bits per heavy atom. The minimum Gasteiger partial charge on any atom is -0.490 e. The van der Waals surface area contributed by atoms with Gasteiger partial charge in [-0.15, -0.1) is 0 Å². The largest absolute Gasteiger partial charge is 0.490 e. The first-order valence-electron chi connectivity index (χ1n) is 8.71. The van der Waals surface area contributed by atoms with Crippen molar-refractivity contribution in [3.63, 3.8) is 0 Å². The maximum absolute atomic E-state index is 6.07. The van der Waals surface area contributed by atoms with Crippen molar-refractivity contribution in [3.8, 4) is 11.5 Å². The number of nitrogens with one attached hydrogen (secondary N) is 1. The third kappa shape index (κ3) is 4.02. The van der Waals surface area contributed by atoms with Crippen molar-refractivity contribution in [2.24, 2.45) is 16.1 Å². The van der Waals surface area contributed by atoms with E-state index in [0.717, 1.165) is 23.6 Å². The molecule has 0 saturated carbocycles. The first-order valence-corrected chi connectivity index (χ1v) is 8.71. The van der Waals surface area contributed by atoms with Crippen LogP contribution in [0.1, 0.15) is 39.5 Å². The number of rotatable bonds is 4. The molecule has 3 rings (SSSR count). The van der Waals surface area contributed by atoms with E-state index in [1.165, 1.54) is 24.8 Å². The topological polar surface area (TPSA) is 68.9 Å². The number of benzene rings is 1. The lowest BCUT2D eigenvalue weighted by molar-refractivity contribution is 0.297. The fourth-order valence-electron chi connectivity index (χ4n) is 3.10. The van der Waals surface area contributed by atoms with Crippen molar-refractivity contribution >= 4 is 11.6 Å². The van der Waals surface area contributed by atoms with E-state index in [0.29, 0.717) is 25.7 Å². The molecule has 3 N–H and O–H groups in total. The predicted octanol–water partition coefficient (Wildman–Crippen LogP) is 3.71. The molecule has 1 aromatic rings. The maximum Gasteiger partial charge on any atom is 0.193 e. The monoisotopic (exact) mass is 329 g/mol. The number of nitrogens with two attached hydrogens (primary N) is 1. The molecule has 5 heteroatoms. The Hall–Kier alpha value is -2.17. The predicted molar refractivity (Wildman–Crippen MR) is 97.9 cm³/mol. The number of hydrogen-bond donors (Lipinski definition) is 2. The second-order valence-electron chi connectivity index (χ2n) is 7.04. The fraction of sp³-hybridized carbons (Fsp3) is 0.526. The molecule has 1 aliphatic heterocycles. The summed E-state index contributed by atoms with van der Waals surface area (Å²) in [4.78, 5) is 4.54. The molecule has 24 heavy (non-hydrogen) atoms. The first-order chi connectivity index (χ1) is 11.5. The van der Waals surface area contributed by atoms with Crippen molar-refractivity contribution < 1.29 is 9.47 Å². The lowest BCUT2D eigenvalue weighted by Gasteiger charge is -2.24. The van der Waals surface area contributed by atoms with Crippen LogP contribution < -0.4 is 20.5 Å². The Balaban J connectivity index is 1.63. The van der Waals surface area contributed by atoms with Gasteiger partial charge in [0.05, 0.1) is 19.8 Å². The standard InChI is InChI=1S/C19H27N3O2/c1-19(2,14-6-3-4-7-14)13-21-18(20)22-15-8-9-16-17(12-15)24-11-5-10-23-16/h6,8-9,12H,3-5,7,10-11,13H2,1-2H3,(H3,20,21,22). The van der Waals surface area contributed by atoms with Gasteiger partial charge in [0.25, 0.3) is 0 Å². The molecule has 0 fully saturated rings. The molecular weight excluding hydrogens is 302 g/mol. The fourth-order valence-corrected chi connectivity index (χ4v) is 3.10. The number of hydrogen-bond acceptors (Lipinski definition) is 3. The summed E-state index contributed by atoms with van der Waals surface area (Å²) < 4.78 is 11.3. The summed E-state index contributed by atoms with van der Waals surface area (Å²) in [6.45, 7) is 6.50. The van der Waals surface area contributed by atoms with Crippen LogP contribution in [0.2, 0.25) is 0 Å². The quantitative estimate of drug-likeness (QED) is 0.502. The summed E-state index contributed by atoms with van der Waals surface area (Å²) in [6.07, 6.45) is 6.87. The van der Waals surface area contributed by atoms with Crippen LogP contribution in [-0.4, -0.2) is 25.7 Å². The van der Waals surface area contributed by atoms with Crippen molar-refractivity contribution in [1.29, 1.82) is 0 Å². The SMILES string of the molecule is CC(C)(CN=C(N)Nc1ccc2c(c1)OCCCO2)C1=CCCC1. The summed E-state index contributed by atoms with van der Waals surface area (Å²) >= 11 is 0. The minimum absolute atomic E-state index is 0.0630. The summed E-state index contributed by atoms with van der Waals surface area (Å²) in [5.74, 6) is 1.96. The summed E-state index contributed by atoms with van der Waals surface area (Å²) in [5.41, 5.74) is 8.48. The molecule has 0 aromatic heterocycles. The molecule has 0 saturated heterocycles. The summed E-state index contributed by atoms with van der Waals surface area (Å²) in [7, 11) is 0. The van der Waals surface area contributed by atoms with Gasteiger partial charge in [0.2, 0.25) is 0 Å². The molecule has 130 valence electrons. The van der Waals surface area contributed by atoms with Gasteiger partial charge in [-0.05, 0) is 31.4 Å². The van der Waals surface area contributed by atoms with E-state index in [2.05, 4.69) is 30.2 Å². The summed E-state index contributed by atoms with van der Waals surface area (Å²) in [6, 6.07) is 5.75. The van der Waals surface area contributed by atoms with Crippen LogP contribution >= 0.6 is 0 Å². The van der Waals surface area contributed by atoms with E-state index in [1.807, 2.05) is 18.2 Å². The van der Waals surface area contributed by atoms with Gasteiger partial charge in [-0.3, -0.25) is 4.99 Å². The van der Waals surface area contributed by atoms with Crippen molar-refractivity contribution in [2.45, 2.75) is 39.5 Å².